The van der Waals surface area contributed by atoms with Crippen LogP contribution in [-0.4, -0.2) is 9.97 Å². The molecule has 19 heavy (non-hydrogen) atoms. The largest absolute Gasteiger partial charge is 0.236 e. The lowest BCUT2D eigenvalue weighted by atomic mass is 10.2. The Labute approximate surface area is 124 Å². The summed E-state index contributed by atoms with van der Waals surface area (Å²) in [6, 6.07) is 16.5. The number of hydrogen-bond acceptors (Lipinski definition) is 3. The van der Waals surface area contributed by atoms with Gasteiger partial charge in [0.25, 0.3) is 0 Å². The number of benzene rings is 2. The van der Waals surface area contributed by atoms with E-state index in [0.29, 0.717) is 0 Å². The molecule has 0 aliphatic rings. The van der Waals surface area contributed by atoms with Crippen LogP contribution in [0.4, 0.5) is 0 Å². The van der Waals surface area contributed by atoms with Gasteiger partial charge < -0.3 is 0 Å². The van der Waals surface area contributed by atoms with Gasteiger partial charge in [0.1, 0.15) is 11.4 Å². The fourth-order valence-corrected chi connectivity index (χ4v) is 3.25. The van der Waals surface area contributed by atoms with Crippen LogP contribution in [0.15, 0.2) is 64.4 Å². The van der Waals surface area contributed by atoms with Crippen molar-refractivity contribution < 1.29 is 0 Å². The number of para-hydroxylation sites is 1. The standard InChI is InChI=1S/C15H11BrN2S/c16-12-5-3-4-11(8-12)9-19-15-13-6-1-2-7-14(13)17-10-18-15/h1-8,10H,9H2. The van der Waals surface area contributed by atoms with Crippen molar-refractivity contribution in [2.75, 3.05) is 0 Å². The highest BCUT2D eigenvalue weighted by Gasteiger charge is 2.04. The van der Waals surface area contributed by atoms with Crippen LogP contribution in [0.25, 0.3) is 10.9 Å². The fourth-order valence-electron chi connectivity index (χ4n) is 1.87. The molecule has 1 aromatic heterocycles. The van der Waals surface area contributed by atoms with Gasteiger partial charge in [-0.1, -0.05) is 46.3 Å². The first-order valence-electron chi connectivity index (χ1n) is 5.90. The zero-order valence-electron chi connectivity index (χ0n) is 10.1. The molecule has 0 bridgehead atoms. The number of nitrogens with zero attached hydrogens (tertiary/aromatic N) is 2. The van der Waals surface area contributed by atoms with Crippen molar-refractivity contribution >= 4 is 38.6 Å². The molecule has 0 atom stereocenters. The van der Waals surface area contributed by atoms with Gasteiger partial charge in [-0.2, -0.15) is 0 Å². The number of halogens is 1. The van der Waals surface area contributed by atoms with Crippen molar-refractivity contribution in [3.63, 3.8) is 0 Å². The molecule has 0 spiro atoms. The minimum absolute atomic E-state index is 0.903. The van der Waals surface area contributed by atoms with Gasteiger partial charge in [0.2, 0.25) is 0 Å². The molecule has 94 valence electrons. The average molecular weight is 331 g/mol. The Morgan fingerprint density at radius 3 is 2.79 bits per heavy atom. The molecule has 3 aromatic rings. The zero-order valence-corrected chi connectivity index (χ0v) is 12.5. The predicted octanol–water partition coefficient (Wildman–Crippen LogP) is 4.68. The fraction of sp³-hybridized carbons (Fsp3) is 0.0667. The summed E-state index contributed by atoms with van der Waals surface area (Å²) in [5, 5.41) is 2.15. The Morgan fingerprint density at radius 2 is 1.89 bits per heavy atom. The maximum absolute atomic E-state index is 4.38. The molecule has 0 aliphatic carbocycles. The molecule has 0 aliphatic heterocycles. The second-order valence-electron chi connectivity index (χ2n) is 4.11. The summed E-state index contributed by atoms with van der Waals surface area (Å²) in [7, 11) is 0. The first-order chi connectivity index (χ1) is 9.33. The van der Waals surface area contributed by atoms with Gasteiger partial charge in [-0.15, -0.1) is 11.8 Å². The Bertz CT molecular complexity index is 710. The zero-order chi connectivity index (χ0) is 13.1. The van der Waals surface area contributed by atoms with E-state index < -0.39 is 0 Å². The summed E-state index contributed by atoms with van der Waals surface area (Å²) in [6.07, 6.45) is 1.63. The predicted molar refractivity (Wildman–Crippen MR) is 83.2 cm³/mol. The highest BCUT2D eigenvalue weighted by atomic mass is 79.9. The van der Waals surface area contributed by atoms with E-state index in [1.54, 1.807) is 18.1 Å². The van der Waals surface area contributed by atoms with Gasteiger partial charge in [0.05, 0.1) is 5.52 Å². The van der Waals surface area contributed by atoms with Crippen molar-refractivity contribution in [3.8, 4) is 0 Å². The van der Waals surface area contributed by atoms with Crippen LogP contribution in [0.5, 0.6) is 0 Å². The summed E-state index contributed by atoms with van der Waals surface area (Å²) in [5.41, 5.74) is 2.27. The highest BCUT2D eigenvalue weighted by molar-refractivity contribution is 9.10. The van der Waals surface area contributed by atoms with Crippen LogP contribution in [-0.2, 0) is 5.75 Å². The topological polar surface area (TPSA) is 25.8 Å². The smallest absolute Gasteiger partial charge is 0.117 e. The molecule has 1 heterocycles. The molecule has 0 saturated heterocycles. The molecule has 0 N–H and O–H groups in total. The van der Waals surface area contributed by atoms with Gasteiger partial charge in [0, 0.05) is 15.6 Å². The molecule has 0 amide bonds. The maximum atomic E-state index is 4.38. The molecule has 2 nitrogen and oxygen atoms in total. The van der Waals surface area contributed by atoms with E-state index in [2.05, 4.69) is 50.2 Å². The van der Waals surface area contributed by atoms with E-state index in [4.69, 9.17) is 0 Å². The molecular weight excluding hydrogens is 320 g/mol. The second kappa shape index (κ2) is 5.72. The van der Waals surface area contributed by atoms with E-state index in [-0.39, 0.29) is 0 Å². The van der Waals surface area contributed by atoms with Crippen LogP contribution >= 0.6 is 27.7 Å². The molecule has 0 unspecified atom stereocenters. The van der Waals surface area contributed by atoms with E-state index >= 15 is 0 Å². The van der Waals surface area contributed by atoms with Crippen LogP contribution in [0.2, 0.25) is 0 Å². The van der Waals surface area contributed by atoms with E-state index in [1.165, 1.54) is 5.56 Å². The summed E-state index contributed by atoms with van der Waals surface area (Å²) < 4.78 is 1.11. The molecule has 0 fully saturated rings. The van der Waals surface area contributed by atoms with E-state index in [0.717, 1.165) is 26.2 Å². The number of hydrogen-bond donors (Lipinski definition) is 0. The van der Waals surface area contributed by atoms with Gasteiger partial charge >= 0.3 is 0 Å². The van der Waals surface area contributed by atoms with Crippen molar-refractivity contribution in [2.45, 2.75) is 10.8 Å². The Hall–Kier alpha value is -1.39. The third kappa shape index (κ3) is 2.96. The number of aromatic nitrogens is 2. The number of thioether (sulfide) groups is 1. The number of fused-ring (bicyclic) bond motifs is 1. The lowest BCUT2D eigenvalue weighted by molar-refractivity contribution is 1.10. The van der Waals surface area contributed by atoms with Gasteiger partial charge in [-0.05, 0) is 23.8 Å². The third-order valence-electron chi connectivity index (χ3n) is 2.77. The van der Waals surface area contributed by atoms with E-state index in [9.17, 15) is 0 Å². The van der Waals surface area contributed by atoms with Crippen molar-refractivity contribution in [1.82, 2.24) is 9.97 Å². The third-order valence-corrected chi connectivity index (χ3v) is 4.34. The first-order valence-corrected chi connectivity index (χ1v) is 7.68. The van der Waals surface area contributed by atoms with Crippen molar-refractivity contribution in [1.29, 1.82) is 0 Å². The number of rotatable bonds is 3. The summed E-state index contributed by atoms with van der Waals surface area (Å²) in [4.78, 5) is 8.66. The Balaban J connectivity index is 1.86. The van der Waals surface area contributed by atoms with Crippen molar-refractivity contribution in [2.24, 2.45) is 0 Å². The molecule has 2 aromatic carbocycles. The Morgan fingerprint density at radius 1 is 1.00 bits per heavy atom. The van der Waals surface area contributed by atoms with Crippen molar-refractivity contribution in [3.05, 3.63) is 64.9 Å². The molecular formula is C15H11BrN2S. The minimum Gasteiger partial charge on any atom is -0.236 e. The van der Waals surface area contributed by atoms with Gasteiger partial charge in [-0.3, -0.25) is 0 Å². The molecule has 4 heteroatoms. The van der Waals surface area contributed by atoms with Gasteiger partial charge in [-0.25, -0.2) is 9.97 Å². The lowest BCUT2D eigenvalue weighted by Gasteiger charge is -2.05. The summed E-state index contributed by atoms with van der Waals surface area (Å²) >= 11 is 5.23. The van der Waals surface area contributed by atoms with Crippen LogP contribution in [0.1, 0.15) is 5.56 Å². The highest BCUT2D eigenvalue weighted by Crippen LogP contribution is 2.27. The van der Waals surface area contributed by atoms with Crippen LogP contribution in [0.3, 0.4) is 0 Å². The second-order valence-corrected chi connectivity index (χ2v) is 5.99. The first kappa shape index (κ1) is 12.6. The normalized spacial score (nSPS) is 10.8. The molecule has 0 radical (unpaired) electrons. The molecule has 3 rings (SSSR count). The monoisotopic (exact) mass is 330 g/mol. The van der Waals surface area contributed by atoms with Gasteiger partial charge in [0.15, 0.2) is 0 Å². The van der Waals surface area contributed by atoms with E-state index in [1.807, 2.05) is 24.3 Å². The summed E-state index contributed by atoms with van der Waals surface area (Å²) in [6.45, 7) is 0. The van der Waals surface area contributed by atoms with Crippen LogP contribution < -0.4 is 0 Å². The SMILES string of the molecule is Brc1cccc(CSc2ncnc3ccccc23)c1. The molecule has 0 saturated carbocycles. The summed E-state index contributed by atoms with van der Waals surface area (Å²) in [5.74, 6) is 0.903. The minimum atomic E-state index is 0.903. The Kier molecular flexibility index (Phi) is 3.80. The quantitative estimate of drug-likeness (QED) is 0.515. The maximum Gasteiger partial charge on any atom is 0.117 e. The average Bonchev–Trinajstić information content (AvgIpc) is 2.45. The van der Waals surface area contributed by atoms with Crippen LogP contribution in [0, 0.1) is 0 Å². The lowest BCUT2D eigenvalue weighted by Crippen LogP contribution is -1.87.